The quantitative estimate of drug-likeness (QED) is 0.874. The Morgan fingerprint density at radius 1 is 1.43 bits per heavy atom. The largest absolute Gasteiger partial charge is 0.377 e. The van der Waals surface area contributed by atoms with E-state index in [1.165, 1.54) is 20.2 Å². The fourth-order valence-electron chi connectivity index (χ4n) is 1.90. The lowest BCUT2D eigenvalue weighted by atomic mass is 10.1. The van der Waals surface area contributed by atoms with E-state index in [2.05, 4.69) is 15.4 Å². The summed E-state index contributed by atoms with van der Waals surface area (Å²) in [6.07, 6.45) is 1.49. The molecule has 110 valence electrons. The van der Waals surface area contributed by atoms with E-state index in [1.807, 2.05) is 0 Å². The number of ketones is 1. The van der Waals surface area contributed by atoms with Gasteiger partial charge in [0.15, 0.2) is 5.78 Å². The van der Waals surface area contributed by atoms with Gasteiger partial charge in [0.2, 0.25) is 0 Å². The number of hydrogen-bond donors (Lipinski definition) is 1. The number of carbonyl (C=O) groups excluding carboxylic acids is 1. The van der Waals surface area contributed by atoms with Gasteiger partial charge in [-0.15, -0.1) is 0 Å². The lowest BCUT2D eigenvalue weighted by Crippen LogP contribution is -2.21. The summed E-state index contributed by atoms with van der Waals surface area (Å²) in [7, 11) is 1.53. The molecule has 0 spiro atoms. The van der Waals surface area contributed by atoms with Gasteiger partial charge in [-0.25, -0.2) is 4.68 Å². The number of carbonyl (C=O) groups is 1. The first kappa shape index (κ1) is 15.2. The van der Waals surface area contributed by atoms with Crippen LogP contribution in [-0.4, -0.2) is 20.5 Å². The second kappa shape index (κ2) is 6.05. The molecule has 0 fully saturated rings. The second-order valence-electron chi connectivity index (χ2n) is 4.65. The van der Waals surface area contributed by atoms with Gasteiger partial charge < -0.3 is 5.32 Å². The number of nitrogens with zero attached hydrogens (tertiary/aromatic N) is 3. The van der Waals surface area contributed by atoms with Gasteiger partial charge in [-0.2, -0.15) is 5.10 Å². The highest BCUT2D eigenvalue weighted by Crippen LogP contribution is 2.16. The van der Waals surface area contributed by atoms with Crippen molar-refractivity contribution in [1.82, 2.24) is 14.8 Å². The predicted octanol–water partition coefficient (Wildman–Crippen LogP) is 1.95. The van der Waals surface area contributed by atoms with E-state index in [0.29, 0.717) is 23.5 Å². The summed E-state index contributed by atoms with van der Waals surface area (Å²) in [6, 6.07) is 3.50. The summed E-state index contributed by atoms with van der Waals surface area (Å²) < 4.78 is 1.16. The first-order valence-electron chi connectivity index (χ1n) is 6.33. The van der Waals surface area contributed by atoms with Crippen molar-refractivity contribution in [2.24, 2.45) is 7.05 Å². The lowest BCUT2D eigenvalue weighted by Gasteiger charge is -2.09. The molecular formula is C14H15ClN4O2. The molecule has 0 unspecified atom stereocenters. The minimum Gasteiger partial charge on any atom is -0.377 e. The topological polar surface area (TPSA) is 76.9 Å². The van der Waals surface area contributed by atoms with Gasteiger partial charge in [0.1, 0.15) is 5.02 Å². The number of nitrogens with one attached hydrogen (secondary N) is 1. The van der Waals surface area contributed by atoms with E-state index in [4.69, 9.17) is 11.6 Å². The number of hydrogen-bond acceptors (Lipinski definition) is 5. The van der Waals surface area contributed by atoms with Gasteiger partial charge >= 0.3 is 0 Å². The van der Waals surface area contributed by atoms with Crippen LogP contribution in [0, 0.1) is 6.92 Å². The van der Waals surface area contributed by atoms with Gasteiger partial charge in [-0.05, 0) is 26.0 Å². The summed E-state index contributed by atoms with van der Waals surface area (Å²) in [5.41, 5.74) is 2.11. The summed E-state index contributed by atoms with van der Waals surface area (Å²) in [5.74, 6) is -0.0155. The number of Topliss-reactive ketones (excluding diaryl/α,β-unsaturated/α-hetero) is 1. The average Bonchev–Trinajstić information content (AvgIpc) is 2.44. The van der Waals surface area contributed by atoms with Crippen molar-refractivity contribution in [1.29, 1.82) is 0 Å². The van der Waals surface area contributed by atoms with Gasteiger partial charge in [0, 0.05) is 18.3 Å². The maximum Gasteiger partial charge on any atom is 0.287 e. The highest BCUT2D eigenvalue weighted by atomic mass is 35.5. The Bertz CT molecular complexity index is 755. The zero-order valence-electron chi connectivity index (χ0n) is 12.0. The van der Waals surface area contributed by atoms with E-state index in [0.717, 1.165) is 10.4 Å². The standard InChI is InChI=1S/C14H15ClN4O2/c1-8-11(9(2)20)5-4-10(18-8)6-16-12-7-17-19(3)14(21)13(12)15/h4-5,7,16H,6H2,1-3H3. The molecular weight excluding hydrogens is 292 g/mol. The third kappa shape index (κ3) is 3.28. The molecule has 7 heteroatoms. The highest BCUT2D eigenvalue weighted by molar-refractivity contribution is 6.32. The van der Waals surface area contributed by atoms with Crippen molar-refractivity contribution in [3.05, 3.63) is 50.7 Å². The Balaban J connectivity index is 2.17. The number of rotatable bonds is 4. The van der Waals surface area contributed by atoms with Crippen molar-refractivity contribution < 1.29 is 4.79 Å². The summed E-state index contributed by atoms with van der Waals surface area (Å²) in [6.45, 7) is 3.67. The van der Waals surface area contributed by atoms with Crippen LogP contribution in [0.5, 0.6) is 0 Å². The first-order valence-corrected chi connectivity index (χ1v) is 6.71. The van der Waals surface area contributed by atoms with Crippen LogP contribution in [-0.2, 0) is 13.6 Å². The molecule has 2 aromatic rings. The maximum atomic E-state index is 11.6. The van der Waals surface area contributed by atoms with Gasteiger partial charge in [-0.1, -0.05) is 11.6 Å². The Hall–Kier alpha value is -2.21. The zero-order chi connectivity index (χ0) is 15.6. The summed E-state index contributed by atoms with van der Waals surface area (Å²) in [4.78, 5) is 27.4. The number of halogens is 1. The van der Waals surface area contributed by atoms with E-state index in [9.17, 15) is 9.59 Å². The van der Waals surface area contributed by atoms with Crippen LogP contribution in [0.3, 0.4) is 0 Å². The molecule has 1 N–H and O–H groups in total. The van der Waals surface area contributed by atoms with Gasteiger partial charge in [0.25, 0.3) is 5.56 Å². The summed E-state index contributed by atoms with van der Waals surface area (Å²) >= 11 is 5.96. The first-order chi connectivity index (χ1) is 9.90. The van der Waals surface area contributed by atoms with E-state index >= 15 is 0 Å². The Kier molecular flexibility index (Phi) is 4.37. The fraction of sp³-hybridized carbons (Fsp3) is 0.286. The van der Waals surface area contributed by atoms with Crippen molar-refractivity contribution in [2.45, 2.75) is 20.4 Å². The van der Waals surface area contributed by atoms with Crippen LogP contribution in [0.1, 0.15) is 28.7 Å². The average molecular weight is 307 g/mol. The minimum atomic E-state index is -0.363. The normalized spacial score (nSPS) is 10.5. The number of anilines is 1. The second-order valence-corrected chi connectivity index (χ2v) is 5.02. The molecule has 0 aromatic carbocycles. The Morgan fingerprint density at radius 3 is 2.76 bits per heavy atom. The molecule has 0 saturated heterocycles. The molecule has 0 amide bonds. The van der Waals surface area contributed by atoms with Crippen molar-refractivity contribution in [3.63, 3.8) is 0 Å². The van der Waals surface area contributed by atoms with Crippen LogP contribution < -0.4 is 10.9 Å². The third-order valence-corrected chi connectivity index (χ3v) is 3.43. The Morgan fingerprint density at radius 2 is 2.14 bits per heavy atom. The molecule has 6 nitrogen and oxygen atoms in total. The molecule has 2 aromatic heterocycles. The SMILES string of the molecule is CC(=O)c1ccc(CNc2cnn(C)c(=O)c2Cl)nc1C. The van der Waals surface area contributed by atoms with Crippen molar-refractivity contribution in [3.8, 4) is 0 Å². The number of pyridine rings is 1. The fourth-order valence-corrected chi connectivity index (χ4v) is 2.14. The molecule has 0 bridgehead atoms. The molecule has 0 saturated carbocycles. The molecule has 2 rings (SSSR count). The van der Waals surface area contributed by atoms with Crippen LogP contribution in [0.15, 0.2) is 23.1 Å². The van der Waals surface area contributed by atoms with Crippen LogP contribution in [0.25, 0.3) is 0 Å². The minimum absolute atomic E-state index is 0.0155. The van der Waals surface area contributed by atoms with E-state index < -0.39 is 0 Å². The van der Waals surface area contributed by atoms with Crippen molar-refractivity contribution >= 4 is 23.1 Å². The van der Waals surface area contributed by atoms with Crippen LogP contribution in [0.4, 0.5) is 5.69 Å². The van der Waals surface area contributed by atoms with Crippen molar-refractivity contribution in [2.75, 3.05) is 5.32 Å². The predicted molar refractivity (Wildman–Crippen MR) is 80.8 cm³/mol. The molecule has 0 aliphatic carbocycles. The third-order valence-electron chi connectivity index (χ3n) is 3.06. The van der Waals surface area contributed by atoms with Crippen LogP contribution >= 0.6 is 11.6 Å². The molecule has 21 heavy (non-hydrogen) atoms. The summed E-state index contributed by atoms with van der Waals surface area (Å²) in [5, 5.41) is 7.00. The van der Waals surface area contributed by atoms with E-state index in [-0.39, 0.29) is 16.4 Å². The number of aromatic nitrogens is 3. The lowest BCUT2D eigenvalue weighted by molar-refractivity contribution is 0.101. The van der Waals surface area contributed by atoms with Gasteiger partial charge in [0.05, 0.1) is 24.1 Å². The zero-order valence-corrected chi connectivity index (χ0v) is 12.7. The van der Waals surface area contributed by atoms with Crippen LogP contribution in [0.2, 0.25) is 5.02 Å². The number of aryl methyl sites for hydroxylation is 2. The van der Waals surface area contributed by atoms with E-state index in [1.54, 1.807) is 19.1 Å². The molecule has 0 aliphatic rings. The maximum absolute atomic E-state index is 11.6. The van der Waals surface area contributed by atoms with Gasteiger partial charge in [-0.3, -0.25) is 14.6 Å². The molecule has 2 heterocycles. The molecule has 0 radical (unpaired) electrons. The molecule has 0 atom stereocenters. The molecule has 0 aliphatic heterocycles. The smallest absolute Gasteiger partial charge is 0.287 e. The highest BCUT2D eigenvalue weighted by Gasteiger charge is 2.09. The monoisotopic (exact) mass is 306 g/mol. The Labute approximate surface area is 126 Å².